The first-order chi connectivity index (χ1) is 19.4. The average Bonchev–Trinajstić information content (AvgIpc) is 3.55. The summed E-state index contributed by atoms with van der Waals surface area (Å²) >= 11 is 1.66. The minimum Gasteiger partial charge on any atom is -0.475 e. The van der Waals surface area contributed by atoms with Gasteiger partial charge in [0.15, 0.2) is 0 Å². The molecule has 0 aromatic carbocycles. The Labute approximate surface area is 240 Å². The molecular weight excluding hydrogens is 600 g/mol. The van der Waals surface area contributed by atoms with E-state index in [9.17, 15) is 31.1 Å². The van der Waals surface area contributed by atoms with E-state index in [1.807, 2.05) is 35.4 Å². The van der Waals surface area contributed by atoms with E-state index in [2.05, 4.69) is 33.5 Å². The van der Waals surface area contributed by atoms with Gasteiger partial charge in [-0.25, -0.2) is 9.59 Å². The highest BCUT2D eigenvalue weighted by molar-refractivity contribution is 7.09. The van der Waals surface area contributed by atoms with Gasteiger partial charge in [-0.2, -0.15) is 31.4 Å². The summed E-state index contributed by atoms with van der Waals surface area (Å²) in [6.45, 7) is 4.99. The largest absolute Gasteiger partial charge is 0.490 e. The Morgan fingerprint density at radius 3 is 2.12 bits per heavy atom. The van der Waals surface area contributed by atoms with E-state index in [1.54, 1.807) is 11.3 Å². The first kappa shape index (κ1) is 35.0. The van der Waals surface area contributed by atoms with Crippen molar-refractivity contribution in [2.24, 2.45) is 7.05 Å². The molecule has 236 valence electrons. The third-order valence-corrected chi connectivity index (χ3v) is 7.03. The number of aromatic nitrogens is 2. The van der Waals surface area contributed by atoms with Crippen LogP contribution in [0, 0.1) is 0 Å². The number of likely N-dealkylation sites (tertiary alicyclic amines) is 1. The van der Waals surface area contributed by atoms with Gasteiger partial charge in [0.2, 0.25) is 0 Å². The number of hydrogen-bond donors (Lipinski definition) is 3. The fourth-order valence-electron chi connectivity index (χ4n) is 4.26. The lowest BCUT2D eigenvalue weighted by molar-refractivity contribution is -0.193. The molecule has 2 fully saturated rings. The summed E-state index contributed by atoms with van der Waals surface area (Å²) in [5, 5.41) is 23.6. The highest BCUT2D eigenvalue weighted by Gasteiger charge is 2.44. The van der Waals surface area contributed by atoms with Gasteiger partial charge >= 0.3 is 24.3 Å². The molecule has 1 unspecified atom stereocenters. The number of carboxylic acid groups (broad SMARTS) is 2. The Morgan fingerprint density at radius 1 is 1.10 bits per heavy atom. The third-order valence-electron chi connectivity index (χ3n) is 6.15. The number of halogens is 6. The standard InChI is InChI=1S/C20H29N5O2S.2C2HF3O2/c1-23-14-18(19(26)21-11-17-4-3-9-28-17)27-20(15-23)5-7-25(8-6-20)13-16-10-22-24(2)12-16;2*3-2(4,5)1(6)7/h3-4,9-10,12,18H,5-8,11,13-15H2,1-2H3,(H,21,26);2*(H,6,7). The van der Waals surface area contributed by atoms with Crippen molar-refractivity contribution >= 4 is 29.2 Å². The molecule has 2 aliphatic rings. The molecule has 4 rings (SSSR count). The van der Waals surface area contributed by atoms with Gasteiger partial charge in [-0.1, -0.05) is 6.07 Å². The number of carbonyl (C=O) groups is 3. The zero-order valence-electron chi connectivity index (χ0n) is 22.6. The molecule has 4 heterocycles. The minimum absolute atomic E-state index is 0.00267. The van der Waals surface area contributed by atoms with Gasteiger partial charge in [-0.15, -0.1) is 11.3 Å². The summed E-state index contributed by atoms with van der Waals surface area (Å²) in [4.78, 5) is 36.3. The van der Waals surface area contributed by atoms with Crippen molar-refractivity contribution in [3.63, 3.8) is 0 Å². The van der Waals surface area contributed by atoms with Crippen LogP contribution >= 0.6 is 11.3 Å². The van der Waals surface area contributed by atoms with Crippen molar-refractivity contribution in [1.82, 2.24) is 24.9 Å². The lowest BCUT2D eigenvalue weighted by Gasteiger charge is -2.48. The van der Waals surface area contributed by atoms with E-state index in [-0.39, 0.29) is 11.5 Å². The van der Waals surface area contributed by atoms with E-state index in [1.165, 1.54) is 5.56 Å². The Bertz CT molecular complexity index is 1140. The molecule has 18 heteroatoms. The van der Waals surface area contributed by atoms with E-state index in [0.29, 0.717) is 13.1 Å². The SMILES string of the molecule is CN1CC(C(=O)NCc2cccs2)OC2(CCN(Cc3cnn(C)c3)CC2)C1.O=C(O)C(F)(F)F.O=C(O)C(F)(F)F. The maximum atomic E-state index is 12.7. The Kier molecular flexibility index (Phi) is 12.3. The van der Waals surface area contributed by atoms with Crippen molar-refractivity contribution in [1.29, 1.82) is 0 Å². The summed E-state index contributed by atoms with van der Waals surface area (Å²) in [6.07, 6.45) is -4.66. The molecule has 2 aromatic rings. The van der Waals surface area contributed by atoms with Crippen LogP contribution in [0.2, 0.25) is 0 Å². The van der Waals surface area contributed by atoms with Crippen LogP contribution < -0.4 is 5.32 Å². The summed E-state index contributed by atoms with van der Waals surface area (Å²) in [6, 6.07) is 4.05. The first-order valence-corrected chi connectivity index (χ1v) is 13.2. The number of rotatable bonds is 5. The number of aliphatic carboxylic acids is 2. The fraction of sp³-hybridized carbons (Fsp3) is 0.583. The zero-order chi connectivity index (χ0) is 31.7. The van der Waals surface area contributed by atoms with Crippen LogP contribution in [0.15, 0.2) is 29.9 Å². The average molecular weight is 632 g/mol. The molecule has 2 aliphatic heterocycles. The second-order valence-electron chi connectivity index (χ2n) is 9.69. The van der Waals surface area contributed by atoms with Crippen LogP contribution in [-0.2, 0) is 39.3 Å². The lowest BCUT2D eigenvalue weighted by Crippen LogP contribution is -2.61. The van der Waals surface area contributed by atoms with Crippen molar-refractivity contribution in [3.8, 4) is 0 Å². The Balaban J connectivity index is 0.000000367. The Morgan fingerprint density at radius 2 is 1.67 bits per heavy atom. The molecule has 1 amide bonds. The van der Waals surface area contributed by atoms with Gasteiger partial charge in [-0.3, -0.25) is 14.4 Å². The normalized spacial score (nSPS) is 19.2. The van der Waals surface area contributed by atoms with Gasteiger partial charge in [0.05, 0.1) is 18.3 Å². The molecule has 0 bridgehead atoms. The molecule has 42 heavy (non-hydrogen) atoms. The molecule has 2 aromatic heterocycles. The van der Waals surface area contributed by atoms with Gasteiger partial charge in [0.1, 0.15) is 6.10 Å². The first-order valence-electron chi connectivity index (χ1n) is 12.4. The second kappa shape index (κ2) is 14.8. The third kappa shape index (κ3) is 11.6. The van der Waals surface area contributed by atoms with Crippen LogP contribution in [0.1, 0.15) is 23.3 Å². The molecular formula is C24H31F6N5O6S. The van der Waals surface area contributed by atoms with Crippen LogP contribution in [0.3, 0.4) is 0 Å². The molecule has 11 nitrogen and oxygen atoms in total. The zero-order valence-corrected chi connectivity index (χ0v) is 23.4. The number of likely N-dealkylation sites (N-methyl/N-ethyl adjacent to an activating group) is 1. The van der Waals surface area contributed by atoms with Crippen molar-refractivity contribution in [2.45, 2.75) is 50.0 Å². The van der Waals surface area contributed by atoms with Gasteiger partial charge in [0, 0.05) is 56.4 Å². The van der Waals surface area contributed by atoms with E-state index >= 15 is 0 Å². The smallest absolute Gasteiger partial charge is 0.475 e. The number of alkyl halides is 6. The summed E-state index contributed by atoms with van der Waals surface area (Å²) in [7, 11) is 4.04. The van der Waals surface area contributed by atoms with Crippen LogP contribution in [0.5, 0.6) is 0 Å². The van der Waals surface area contributed by atoms with Crippen molar-refractivity contribution in [3.05, 3.63) is 40.3 Å². The number of thiophene rings is 1. The molecule has 0 radical (unpaired) electrons. The maximum absolute atomic E-state index is 12.7. The number of ether oxygens (including phenoxy) is 1. The van der Waals surface area contributed by atoms with Gasteiger partial charge < -0.3 is 25.2 Å². The van der Waals surface area contributed by atoms with Crippen LogP contribution in [0.4, 0.5) is 26.3 Å². The number of hydrogen-bond acceptors (Lipinski definition) is 8. The number of piperidine rings is 1. The predicted octanol–water partition coefficient (Wildman–Crippen LogP) is 2.73. The van der Waals surface area contributed by atoms with E-state index < -0.39 is 30.4 Å². The number of nitrogens with zero attached hydrogens (tertiary/aromatic N) is 4. The quantitative estimate of drug-likeness (QED) is 0.426. The second-order valence-corrected chi connectivity index (χ2v) is 10.7. The molecule has 1 spiro atoms. The van der Waals surface area contributed by atoms with E-state index in [4.69, 9.17) is 24.5 Å². The van der Waals surface area contributed by atoms with Crippen LogP contribution in [0.25, 0.3) is 0 Å². The molecule has 1 atom stereocenters. The monoisotopic (exact) mass is 631 g/mol. The number of aryl methyl sites for hydroxylation is 1. The minimum atomic E-state index is -5.08. The highest BCUT2D eigenvalue weighted by Crippen LogP contribution is 2.32. The fourth-order valence-corrected chi connectivity index (χ4v) is 4.90. The van der Waals surface area contributed by atoms with Crippen molar-refractivity contribution < 1.29 is 55.7 Å². The van der Waals surface area contributed by atoms with Gasteiger partial charge in [0.25, 0.3) is 5.91 Å². The number of carboxylic acids is 2. The number of morpholine rings is 1. The molecule has 3 N–H and O–H groups in total. The highest BCUT2D eigenvalue weighted by atomic mass is 32.1. The summed E-state index contributed by atoms with van der Waals surface area (Å²) < 4.78 is 71.7. The number of nitrogens with one attached hydrogen (secondary N) is 1. The Hall–Kier alpha value is -3.22. The maximum Gasteiger partial charge on any atom is 0.490 e. The molecule has 0 aliphatic carbocycles. The lowest BCUT2D eigenvalue weighted by atomic mass is 9.88. The summed E-state index contributed by atoms with van der Waals surface area (Å²) in [5.41, 5.74) is 1.02. The van der Waals surface area contributed by atoms with Crippen molar-refractivity contribution in [2.75, 3.05) is 33.2 Å². The predicted molar refractivity (Wildman–Crippen MR) is 136 cm³/mol. The van der Waals surface area contributed by atoms with E-state index in [0.717, 1.165) is 43.9 Å². The topological polar surface area (TPSA) is 137 Å². The van der Waals surface area contributed by atoms with Gasteiger partial charge in [-0.05, 0) is 31.3 Å². The number of carbonyl (C=O) groups excluding carboxylic acids is 1. The number of amides is 1. The molecule has 2 saturated heterocycles. The summed E-state index contributed by atoms with van der Waals surface area (Å²) in [5.74, 6) is -5.52. The van der Waals surface area contributed by atoms with Crippen LogP contribution in [-0.4, -0.2) is 105 Å². The molecule has 0 saturated carbocycles.